The number of rotatable bonds is 2. The number of esters is 1. The van der Waals surface area contributed by atoms with Crippen molar-refractivity contribution in [1.82, 2.24) is 4.57 Å². The van der Waals surface area contributed by atoms with Gasteiger partial charge in [-0.15, -0.1) is 0 Å². The lowest BCUT2D eigenvalue weighted by molar-refractivity contribution is 0.0586. The highest BCUT2D eigenvalue weighted by Crippen LogP contribution is 2.32. The van der Waals surface area contributed by atoms with Crippen molar-refractivity contribution in [2.24, 2.45) is 0 Å². The Morgan fingerprint density at radius 3 is 2.80 bits per heavy atom. The van der Waals surface area contributed by atoms with Crippen molar-refractivity contribution in [2.75, 3.05) is 12.8 Å². The highest BCUT2D eigenvalue weighted by molar-refractivity contribution is 5.89. The Balaban J connectivity index is 2.32. The first-order valence-corrected chi connectivity index (χ1v) is 5.28. The third kappa shape index (κ3) is 1.84. The molecule has 1 saturated carbocycles. The zero-order valence-corrected chi connectivity index (χ0v) is 8.90. The Kier molecular flexibility index (Phi) is 2.66. The van der Waals surface area contributed by atoms with Crippen LogP contribution in [0.5, 0.6) is 0 Å². The third-order valence-corrected chi connectivity index (χ3v) is 2.98. The summed E-state index contributed by atoms with van der Waals surface area (Å²) in [5.41, 5.74) is 6.91. The summed E-state index contributed by atoms with van der Waals surface area (Å²) in [6.45, 7) is 0. The fourth-order valence-corrected chi connectivity index (χ4v) is 2.25. The van der Waals surface area contributed by atoms with E-state index in [0.717, 1.165) is 12.8 Å². The first-order valence-electron chi connectivity index (χ1n) is 5.28. The van der Waals surface area contributed by atoms with Crippen molar-refractivity contribution in [3.05, 3.63) is 18.0 Å². The number of hydrogen-bond donors (Lipinski definition) is 1. The fourth-order valence-electron chi connectivity index (χ4n) is 2.25. The summed E-state index contributed by atoms with van der Waals surface area (Å²) in [6, 6.07) is 2.10. The lowest BCUT2D eigenvalue weighted by atomic mass is 10.2. The van der Waals surface area contributed by atoms with Crippen molar-refractivity contribution >= 4 is 11.7 Å². The molecule has 4 heteroatoms. The van der Waals surface area contributed by atoms with E-state index in [1.165, 1.54) is 20.0 Å². The van der Waals surface area contributed by atoms with Gasteiger partial charge in [0.15, 0.2) is 0 Å². The van der Waals surface area contributed by atoms with Crippen LogP contribution in [0.25, 0.3) is 0 Å². The van der Waals surface area contributed by atoms with Gasteiger partial charge in [0.2, 0.25) is 0 Å². The zero-order chi connectivity index (χ0) is 10.8. The zero-order valence-electron chi connectivity index (χ0n) is 8.90. The minimum atomic E-state index is -0.307. The van der Waals surface area contributed by atoms with E-state index in [2.05, 4.69) is 0 Å². The van der Waals surface area contributed by atoms with E-state index >= 15 is 0 Å². The van der Waals surface area contributed by atoms with Crippen molar-refractivity contribution < 1.29 is 9.53 Å². The second-order valence-corrected chi connectivity index (χ2v) is 4.00. The summed E-state index contributed by atoms with van der Waals surface area (Å²) in [4.78, 5) is 11.5. The predicted molar refractivity (Wildman–Crippen MR) is 57.7 cm³/mol. The molecule has 0 aromatic carbocycles. The van der Waals surface area contributed by atoms with Gasteiger partial charge in [-0.25, -0.2) is 4.79 Å². The maximum Gasteiger partial charge on any atom is 0.354 e. The number of nitrogens with zero attached hydrogens (tertiary/aromatic N) is 1. The molecule has 1 aliphatic rings. The first-order chi connectivity index (χ1) is 7.22. The van der Waals surface area contributed by atoms with Gasteiger partial charge in [0, 0.05) is 12.2 Å². The Bertz CT molecular complexity index is 365. The van der Waals surface area contributed by atoms with Gasteiger partial charge in [0.1, 0.15) is 5.69 Å². The van der Waals surface area contributed by atoms with Crippen LogP contribution in [-0.2, 0) is 4.74 Å². The molecule has 1 aromatic rings. The van der Waals surface area contributed by atoms with Gasteiger partial charge in [-0.05, 0) is 18.9 Å². The molecule has 4 nitrogen and oxygen atoms in total. The largest absolute Gasteiger partial charge is 0.464 e. The number of aromatic nitrogens is 1. The molecule has 0 atom stereocenters. The van der Waals surface area contributed by atoms with Gasteiger partial charge in [-0.1, -0.05) is 12.8 Å². The quantitative estimate of drug-likeness (QED) is 0.756. The summed E-state index contributed by atoms with van der Waals surface area (Å²) in [6.07, 6.45) is 6.53. The Hall–Kier alpha value is -1.45. The van der Waals surface area contributed by atoms with Crippen molar-refractivity contribution in [2.45, 2.75) is 31.7 Å². The topological polar surface area (TPSA) is 57.2 Å². The maximum absolute atomic E-state index is 11.5. The Morgan fingerprint density at radius 2 is 2.20 bits per heavy atom. The standard InChI is InChI=1S/C11H16N2O2/c1-15-11(14)10-6-8(12)7-13(10)9-4-2-3-5-9/h6-7,9H,2-5,12H2,1H3. The molecule has 0 saturated heterocycles. The number of anilines is 1. The summed E-state index contributed by atoms with van der Waals surface area (Å²) in [5.74, 6) is -0.307. The highest BCUT2D eigenvalue weighted by Gasteiger charge is 2.22. The van der Waals surface area contributed by atoms with Gasteiger partial charge in [0.25, 0.3) is 0 Å². The molecule has 0 unspecified atom stereocenters. The summed E-state index contributed by atoms with van der Waals surface area (Å²) < 4.78 is 6.70. The smallest absolute Gasteiger partial charge is 0.354 e. The summed E-state index contributed by atoms with van der Waals surface area (Å²) in [5, 5.41) is 0. The number of methoxy groups -OCH3 is 1. The van der Waals surface area contributed by atoms with Gasteiger partial charge in [-0.3, -0.25) is 0 Å². The molecule has 15 heavy (non-hydrogen) atoms. The molecule has 82 valence electrons. The van der Waals surface area contributed by atoms with E-state index in [1.54, 1.807) is 6.07 Å². The molecule has 1 heterocycles. The minimum absolute atomic E-state index is 0.307. The predicted octanol–water partition coefficient (Wildman–Crippen LogP) is 1.97. The van der Waals surface area contributed by atoms with E-state index in [1.807, 2.05) is 10.8 Å². The van der Waals surface area contributed by atoms with Gasteiger partial charge < -0.3 is 15.0 Å². The van der Waals surface area contributed by atoms with Crippen molar-refractivity contribution in [3.8, 4) is 0 Å². The van der Waals surface area contributed by atoms with Gasteiger partial charge >= 0.3 is 5.97 Å². The molecule has 0 amide bonds. The maximum atomic E-state index is 11.5. The van der Waals surface area contributed by atoms with Crippen LogP contribution in [0.4, 0.5) is 5.69 Å². The van der Waals surface area contributed by atoms with Crippen LogP contribution >= 0.6 is 0 Å². The van der Waals surface area contributed by atoms with Crippen LogP contribution in [0, 0.1) is 0 Å². The highest BCUT2D eigenvalue weighted by atomic mass is 16.5. The lowest BCUT2D eigenvalue weighted by Gasteiger charge is -2.14. The molecular formula is C11H16N2O2. The molecule has 0 radical (unpaired) electrons. The van der Waals surface area contributed by atoms with E-state index in [9.17, 15) is 4.79 Å². The van der Waals surface area contributed by atoms with E-state index in [0.29, 0.717) is 17.4 Å². The van der Waals surface area contributed by atoms with Crippen LogP contribution in [0.1, 0.15) is 42.2 Å². The lowest BCUT2D eigenvalue weighted by Crippen LogP contribution is -2.13. The van der Waals surface area contributed by atoms with Crippen LogP contribution in [0.2, 0.25) is 0 Å². The number of ether oxygens (including phenoxy) is 1. The average molecular weight is 208 g/mol. The molecule has 0 aliphatic heterocycles. The monoisotopic (exact) mass is 208 g/mol. The number of nitrogens with two attached hydrogens (primary N) is 1. The van der Waals surface area contributed by atoms with Crippen LogP contribution in [-0.4, -0.2) is 17.6 Å². The molecule has 0 spiro atoms. The fraction of sp³-hybridized carbons (Fsp3) is 0.545. The van der Waals surface area contributed by atoms with Gasteiger partial charge in [0.05, 0.1) is 12.8 Å². The van der Waals surface area contributed by atoms with Crippen LogP contribution < -0.4 is 5.73 Å². The van der Waals surface area contributed by atoms with Crippen LogP contribution in [0.3, 0.4) is 0 Å². The van der Waals surface area contributed by atoms with Crippen LogP contribution in [0.15, 0.2) is 12.3 Å². The van der Waals surface area contributed by atoms with Crippen molar-refractivity contribution in [3.63, 3.8) is 0 Å². The third-order valence-electron chi connectivity index (χ3n) is 2.98. The Morgan fingerprint density at radius 1 is 1.53 bits per heavy atom. The van der Waals surface area contributed by atoms with Crippen molar-refractivity contribution in [1.29, 1.82) is 0 Å². The summed E-state index contributed by atoms with van der Waals surface area (Å²) in [7, 11) is 1.39. The number of nitrogen functional groups attached to an aromatic ring is 1. The Labute approximate surface area is 89.0 Å². The molecule has 0 bridgehead atoms. The molecule has 1 fully saturated rings. The van der Waals surface area contributed by atoms with E-state index in [4.69, 9.17) is 10.5 Å². The first kappa shape index (κ1) is 10.1. The van der Waals surface area contributed by atoms with Gasteiger partial charge in [-0.2, -0.15) is 0 Å². The second kappa shape index (κ2) is 3.96. The normalized spacial score (nSPS) is 16.9. The molecule has 1 aromatic heterocycles. The minimum Gasteiger partial charge on any atom is -0.464 e. The summed E-state index contributed by atoms with van der Waals surface area (Å²) >= 11 is 0. The molecule has 2 N–H and O–H groups in total. The molecular weight excluding hydrogens is 192 g/mol. The SMILES string of the molecule is COC(=O)c1cc(N)cn1C1CCCC1. The number of hydrogen-bond acceptors (Lipinski definition) is 3. The molecule has 1 aliphatic carbocycles. The second-order valence-electron chi connectivity index (χ2n) is 4.00. The number of carbonyl (C=O) groups is 1. The van der Waals surface area contributed by atoms with E-state index < -0.39 is 0 Å². The average Bonchev–Trinajstić information content (AvgIpc) is 2.84. The molecule has 2 rings (SSSR count). The van der Waals surface area contributed by atoms with E-state index in [-0.39, 0.29) is 5.97 Å². The number of carbonyl (C=O) groups excluding carboxylic acids is 1.